The molecule has 1 aromatic rings. The van der Waals surface area contributed by atoms with Gasteiger partial charge in [-0.2, -0.15) is 0 Å². The highest BCUT2D eigenvalue weighted by molar-refractivity contribution is 6.30. The van der Waals surface area contributed by atoms with E-state index in [9.17, 15) is 4.79 Å². The molecule has 1 aliphatic heterocycles. The van der Waals surface area contributed by atoms with Crippen molar-refractivity contribution in [3.63, 3.8) is 0 Å². The molecule has 0 saturated carbocycles. The standard InChI is InChI=1S/C12H14ClNO2/c1-16-12(15)10-7-14(8-10)6-9-2-4-11(13)5-3-9/h2-5,10H,6-8H2,1H3. The van der Waals surface area contributed by atoms with Gasteiger partial charge < -0.3 is 4.74 Å². The van der Waals surface area contributed by atoms with Crippen LogP contribution in [-0.2, 0) is 16.1 Å². The summed E-state index contributed by atoms with van der Waals surface area (Å²) in [5, 5.41) is 0.750. The molecule has 4 heteroatoms. The number of esters is 1. The van der Waals surface area contributed by atoms with E-state index >= 15 is 0 Å². The Morgan fingerprint density at radius 3 is 2.62 bits per heavy atom. The van der Waals surface area contributed by atoms with E-state index in [1.165, 1.54) is 12.7 Å². The molecule has 1 saturated heterocycles. The summed E-state index contributed by atoms with van der Waals surface area (Å²) in [7, 11) is 1.43. The van der Waals surface area contributed by atoms with Crippen molar-refractivity contribution in [3.05, 3.63) is 34.9 Å². The number of benzene rings is 1. The minimum atomic E-state index is -0.104. The SMILES string of the molecule is COC(=O)C1CN(Cc2ccc(Cl)cc2)C1. The van der Waals surface area contributed by atoms with Gasteiger partial charge in [0.2, 0.25) is 0 Å². The maximum Gasteiger partial charge on any atom is 0.311 e. The third kappa shape index (κ3) is 2.54. The summed E-state index contributed by atoms with van der Waals surface area (Å²) < 4.78 is 4.69. The van der Waals surface area contributed by atoms with E-state index in [0.717, 1.165) is 24.7 Å². The summed E-state index contributed by atoms with van der Waals surface area (Å²) in [6.07, 6.45) is 0. The molecule has 0 spiro atoms. The number of likely N-dealkylation sites (tertiary alicyclic amines) is 1. The Hall–Kier alpha value is -1.06. The number of nitrogens with zero attached hydrogens (tertiary/aromatic N) is 1. The van der Waals surface area contributed by atoms with Crippen LogP contribution in [0.5, 0.6) is 0 Å². The number of methoxy groups -OCH3 is 1. The van der Waals surface area contributed by atoms with Gasteiger partial charge >= 0.3 is 5.97 Å². The molecular weight excluding hydrogens is 226 g/mol. The normalized spacial score (nSPS) is 16.9. The third-order valence-electron chi connectivity index (χ3n) is 2.81. The average Bonchev–Trinajstić information content (AvgIpc) is 2.24. The lowest BCUT2D eigenvalue weighted by molar-refractivity contribution is -0.151. The fourth-order valence-corrected chi connectivity index (χ4v) is 1.99. The third-order valence-corrected chi connectivity index (χ3v) is 3.06. The highest BCUT2D eigenvalue weighted by Gasteiger charge is 2.32. The molecule has 0 aliphatic carbocycles. The van der Waals surface area contributed by atoms with Gasteiger partial charge in [-0.25, -0.2) is 0 Å². The van der Waals surface area contributed by atoms with E-state index in [1.54, 1.807) is 0 Å². The first-order valence-corrected chi connectivity index (χ1v) is 5.61. The predicted molar refractivity (Wildman–Crippen MR) is 62.2 cm³/mol. The number of hydrogen-bond donors (Lipinski definition) is 0. The molecule has 86 valence electrons. The Bertz CT molecular complexity index is 371. The molecule has 3 nitrogen and oxygen atoms in total. The van der Waals surface area contributed by atoms with Crippen molar-refractivity contribution in [1.29, 1.82) is 0 Å². The Morgan fingerprint density at radius 1 is 1.44 bits per heavy atom. The van der Waals surface area contributed by atoms with Gasteiger partial charge in [-0.3, -0.25) is 9.69 Å². The molecule has 0 aromatic heterocycles. The lowest BCUT2D eigenvalue weighted by Gasteiger charge is -2.37. The fourth-order valence-electron chi connectivity index (χ4n) is 1.86. The van der Waals surface area contributed by atoms with E-state index in [1.807, 2.05) is 24.3 Å². The average molecular weight is 240 g/mol. The van der Waals surface area contributed by atoms with E-state index in [4.69, 9.17) is 11.6 Å². The number of hydrogen-bond acceptors (Lipinski definition) is 3. The van der Waals surface area contributed by atoms with E-state index < -0.39 is 0 Å². The van der Waals surface area contributed by atoms with Crippen molar-refractivity contribution in [2.24, 2.45) is 5.92 Å². The van der Waals surface area contributed by atoms with Crippen LogP contribution in [0.15, 0.2) is 24.3 Å². The zero-order valence-corrected chi connectivity index (χ0v) is 9.91. The fraction of sp³-hybridized carbons (Fsp3) is 0.417. The van der Waals surface area contributed by atoms with Crippen LogP contribution in [-0.4, -0.2) is 31.1 Å². The molecule has 0 atom stereocenters. The summed E-state index contributed by atoms with van der Waals surface area (Å²) in [5.41, 5.74) is 1.22. The summed E-state index contributed by atoms with van der Waals surface area (Å²) >= 11 is 5.80. The molecule has 0 N–H and O–H groups in total. The van der Waals surface area contributed by atoms with Crippen LogP contribution < -0.4 is 0 Å². The first kappa shape index (κ1) is 11.4. The zero-order chi connectivity index (χ0) is 11.5. The maximum atomic E-state index is 11.2. The summed E-state index contributed by atoms with van der Waals surface area (Å²) in [5.74, 6) is -0.0512. The highest BCUT2D eigenvalue weighted by atomic mass is 35.5. The smallest absolute Gasteiger partial charge is 0.311 e. The molecular formula is C12H14ClNO2. The van der Waals surface area contributed by atoms with Gasteiger partial charge in [-0.1, -0.05) is 23.7 Å². The lowest BCUT2D eigenvalue weighted by Crippen LogP contribution is -2.49. The molecule has 2 rings (SSSR count). The Morgan fingerprint density at radius 2 is 2.06 bits per heavy atom. The van der Waals surface area contributed by atoms with E-state index in [-0.39, 0.29) is 11.9 Å². The number of ether oxygens (including phenoxy) is 1. The summed E-state index contributed by atoms with van der Waals surface area (Å²) in [6.45, 7) is 2.44. The highest BCUT2D eigenvalue weighted by Crippen LogP contribution is 2.20. The number of carbonyl (C=O) groups is 1. The van der Waals surface area contributed by atoms with Crippen molar-refractivity contribution >= 4 is 17.6 Å². The van der Waals surface area contributed by atoms with Crippen LogP contribution in [0.4, 0.5) is 0 Å². The van der Waals surface area contributed by atoms with Crippen LogP contribution in [0.1, 0.15) is 5.56 Å². The molecule has 1 fully saturated rings. The van der Waals surface area contributed by atoms with Gasteiger partial charge in [0.1, 0.15) is 0 Å². The van der Waals surface area contributed by atoms with Gasteiger partial charge in [-0.05, 0) is 17.7 Å². The molecule has 1 aromatic carbocycles. The van der Waals surface area contributed by atoms with Gasteiger partial charge in [0.05, 0.1) is 13.0 Å². The topological polar surface area (TPSA) is 29.5 Å². The van der Waals surface area contributed by atoms with Gasteiger partial charge in [0, 0.05) is 24.7 Å². The Labute approximate surface area is 100.0 Å². The predicted octanol–water partition coefficient (Wildman–Crippen LogP) is 1.94. The molecule has 0 unspecified atom stereocenters. The van der Waals surface area contributed by atoms with Crippen molar-refractivity contribution in [2.45, 2.75) is 6.54 Å². The van der Waals surface area contributed by atoms with Crippen molar-refractivity contribution < 1.29 is 9.53 Å². The zero-order valence-electron chi connectivity index (χ0n) is 9.15. The van der Waals surface area contributed by atoms with Crippen LogP contribution >= 0.6 is 11.6 Å². The second-order valence-electron chi connectivity index (χ2n) is 4.04. The van der Waals surface area contributed by atoms with E-state index in [0.29, 0.717) is 0 Å². The minimum absolute atomic E-state index is 0.0531. The minimum Gasteiger partial charge on any atom is -0.469 e. The number of halogens is 1. The van der Waals surface area contributed by atoms with Gasteiger partial charge in [0.25, 0.3) is 0 Å². The van der Waals surface area contributed by atoms with Crippen LogP contribution in [0.25, 0.3) is 0 Å². The summed E-state index contributed by atoms with van der Waals surface area (Å²) in [4.78, 5) is 13.4. The largest absolute Gasteiger partial charge is 0.469 e. The Balaban J connectivity index is 1.81. The van der Waals surface area contributed by atoms with Crippen molar-refractivity contribution in [2.75, 3.05) is 20.2 Å². The van der Waals surface area contributed by atoms with Crippen LogP contribution in [0.2, 0.25) is 5.02 Å². The van der Waals surface area contributed by atoms with Gasteiger partial charge in [0.15, 0.2) is 0 Å². The van der Waals surface area contributed by atoms with Crippen LogP contribution in [0.3, 0.4) is 0 Å². The molecule has 1 aliphatic rings. The number of carbonyl (C=O) groups excluding carboxylic acids is 1. The first-order chi connectivity index (χ1) is 7.69. The maximum absolute atomic E-state index is 11.2. The van der Waals surface area contributed by atoms with Gasteiger partial charge in [-0.15, -0.1) is 0 Å². The molecule has 0 bridgehead atoms. The van der Waals surface area contributed by atoms with Crippen molar-refractivity contribution in [3.8, 4) is 0 Å². The molecule has 0 amide bonds. The quantitative estimate of drug-likeness (QED) is 0.755. The Kier molecular flexibility index (Phi) is 3.46. The monoisotopic (exact) mass is 239 g/mol. The van der Waals surface area contributed by atoms with Crippen LogP contribution in [0, 0.1) is 5.92 Å². The first-order valence-electron chi connectivity index (χ1n) is 5.23. The number of rotatable bonds is 3. The molecule has 16 heavy (non-hydrogen) atoms. The second kappa shape index (κ2) is 4.85. The van der Waals surface area contributed by atoms with E-state index in [2.05, 4.69) is 9.64 Å². The molecule has 0 radical (unpaired) electrons. The lowest BCUT2D eigenvalue weighted by atomic mass is 9.99. The summed E-state index contributed by atoms with van der Waals surface area (Å²) in [6, 6.07) is 7.78. The second-order valence-corrected chi connectivity index (χ2v) is 4.48. The molecule has 1 heterocycles. The van der Waals surface area contributed by atoms with Crippen molar-refractivity contribution in [1.82, 2.24) is 4.90 Å².